The van der Waals surface area contributed by atoms with Crippen LogP contribution in [-0.4, -0.2) is 27.2 Å². The van der Waals surface area contributed by atoms with Crippen LogP contribution < -0.4 is 10.2 Å². The number of rotatable bonds is 7. The Morgan fingerprint density at radius 3 is 2.94 bits per heavy atom. The van der Waals surface area contributed by atoms with Gasteiger partial charge in [-0.1, -0.05) is 53.2 Å². The summed E-state index contributed by atoms with van der Waals surface area (Å²) in [5.74, 6) is 1.23. The van der Waals surface area contributed by atoms with Gasteiger partial charge in [-0.15, -0.1) is 0 Å². The number of H-pyrrole nitrogens is 1. The Labute approximate surface area is 207 Å². The van der Waals surface area contributed by atoms with Crippen molar-refractivity contribution >= 4 is 43.0 Å². The minimum atomic E-state index is -0.231. The molecular formula is C27H29ClN3O2P. The number of nitrogens with one attached hydrogen (secondary N) is 1. The number of carbonyl (C=O) groups excluding carboxylic acids is 1. The number of hydrogen-bond acceptors (Lipinski definition) is 3. The van der Waals surface area contributed by atoms with Crippen LogP contribution in [0.5, 0.6) is 5.75 Å². The van der Waals surface area contributed by atoms with Crippen molar-refractivity contribution in [3.63, 3.8) is 0 Å². The Bertz CT molecular complexity index is 1360. The summed E-state index contributed by atoms with van der Waals surface area (Å²) in [7, 11) is 2.70. The van der Waals surface area contributed by atoms with E-state index in [9.17, 15) is 4.79 Å². The van der Waals surface area contributed by atoms with Crippen molar-refractivity contribution in [3.8, 4) is 16.9 Å². The van der Waals surface area contributed by atoms with Gasteiger partial charge in [-0.25, -0.2) is 0 Å². The number of hydrogen-bond donors (Lipinski definition) is 1. The van der Waals surface area contributed by atoms with Gasteiger partial charge in [-0.2, -0.15) is 5.10 Å². The Balaban J connectivity index is 1.54. The maximum Gasteiger partial charge on any atom is 0.171 e. The molecular weight excluding hydrogens is 465 g/mol. The van der Waals surface area contributed by atoms with Crippen LogP contribution in [0.15, 0.2) is 48.8 Å². The molecule has 0 bridgehead atoms. The normalized spacial score (nSPS) is 16.3. The summed E-state index contributed by atoms with van der Waals surface area (Å²) in [5, 5.41) is 8.80. The van der Waals surface area contributed by atoms with Gasteiger partial charge < -0.3 is 9.30 Å². The van der Waals surface area contributed by atoms with E-state index in [1.807, 2.05) is 30.6 Å². The lowest BCUT2D eigenvalue weighted by atomic mass is 9.89. The van der Waals surface area contributed by atoms with E-state index in [1.165, 1.54) is 0 Å². The van der Waals surface area contributed by atoms with E-state index in [0.717, 1.165) is 63.7 Å². The fourth-order valence-electron chi connectivity index (χ4n) is 5.00. The van der Waals surface area contributed by atoms with Gasteiger partial charge in [0.1, 0.15) is 5.75 Å². The lowest BCUT2D eigenvalue weighted by Crippen LogP contribution is -2.28. The molecule has 0 saturated heterocycles. The maximum absolute atomic E-state index is 13.8. The van der Waals surface area contributed by atoms with E-state index in [2.05, 4.69) is 56.1 Å². The third-order valence-corrected chi connectivity index (χ3v) is 7.39. The third-order valence-electron chi connectivity index (χ3n) is 6.72. The van der Waals surface area contributed by atoms with Crippen LogP contribution in [0.3, 0.4) is 0 Å². The van der Waals surface area contributed by atoms with Gasteiger partial charge in [-0.05, 0) is 54.2 Å². The van der Waals surface area contributed by atoms with Crippen LogP contribution in [0.1, 0.15) is 42.6 Å². The molecule has 3 heterocycles. The molecule has 1 aliphatic rings. The molecule has 4 aromatic rings. The van der Waals surface area contributed by atoms with Gasteiger partial charge in [0.2, 0.25) is 0 Å². The first kappa shape index (κ1) is 23.1. The highest BCUT2D eigenvalue weighted by atomic mass is 35.5. The van der Waals surface area contributed by atoms with Gasteiger partial charge in [0.25, 0.3) is 0 Å². The molecule has 34 heavy (non-hydrogen) atoms. The summed E-state index contributed by atoms with van der Waals surface area (Å²) >= 11 is 6.19. The Morgan fingerprint density at radius 2 is 2.18 bits per heavy atom. The van der Waals surface area contributed by atoms with E-state index in [-0.39, 0.29) is 11.7 Å². The highest BCUT2D eigenvalue weighted by Crippen LogP contribution is 2.34. The average molecular weight is 494 g/mol. The number of nitrogens with zero attached hydrogens (tertiary/aromatic N) is 2. The van der Waals surface area contributed by atoms with Crippen LogP contribution in [0.4, 0.5) is 0 Å². The van der Waals surface area contributed by atoms with E-state index >= 15 is 0 Å². The van der Waals surface area contributed by atoms with Crippen molar-refractivity contribution < 1.29 is 9.53 Å². The zero-order valence-corrected chi connectivity index (χ0v) is 21.4. The second-order valence-electron chi connectivity index (χ2n) is 9.35. The average Bonchev–Trinajstić information content (AvgIpc) is 3.41. The zero-order chi connectivity index (χ0) is 23.8. The van der Waals surface area contributed by atoms with Crippen molar-refractivity contribution in [3.05, 3.63) is 64.9 Å². The molecule has 0 aliphatic carbocycles. The van der Waals surface area contributed by atoms with Crippen molar-refractivity contribution in [1.82, 2.24) is 14.8 Å². The van der Waals surface area contributed by atoms with E-state index in [0.29, 0.717) is 24.0 Å². The lowest BCUT2D eigenvalue weighted by molar-refractivity contribution is 0.0856. The monoisotopic (exact) mass is 493 g/mol. The smallest absolute Gasteiger partial charge is 0.171 e. The molecule has 1 aliphatic heterocycles. The van der Waals surface area contributed by atoms with Crippen LogP contribution in [-0.2, 0) is 13.0 Å². The van der Waals surface area contributed by atoms with Crippen molar-refractivity contribution in [2.24, 2.45) is 11.8 Å². The van der Waals surface area contributed by atoms with Crippen LogP contribution in [0.25, 0.3) is 22.0 Å². The molecule has 5 rings (SSSR count). The molecule has 3 unspecified atom stereocenters. The first-order valence-corrected chi connectivity index (χ1v) is 12.8. The van der Waals surface area contributed by atoms with Gasteiger partial charge in [-0.3, -0.25) is 9.89 Å². The number of benzene rings is 2. The number of carbonyl (C=O) groups is 1. The molecule has 7 heteroatoms. The summed E-state index contributed by atoms with van der Waals surface area (Å²) in [6, 6.07) is 11.9. The van der Waals surface area contributed by atoms with E-state index < -0.39 is 0 Å². The zero-order valence-electron chi connectivity index (χ0n) is 19.5. The Morgan fingerprint density at radius 1 is 1.32 bits per heavy atom. The molecule has 176 valence electrons. The predicted octanol–water partition coefficient (Wildman–Crippen LogP) is 6.06. The first-order chi connectivity index (χ1) is 16.4. The highest BCUT2D eigenvalue weighted by Gasteiger charge is 2.29. The molecule has 0 amide bonds. The van der Waals surface area contributed by atoms with E-state index in [4.69, 9.17) is 16.3 Å². The molecule has 0 fully saturated rings. The number of fused-ring (bicyclic) bond motifs is 2. The van der Waals surface area contributed by atoms with Crippen molar-refractivity contribution in [2.75, 3.05) is 6.61 Å². The lowest BCUT2D eigenvalue weighted by Gasteiger charge is -2.24. The number of halogens is 1. The summed E-state index contributed by atoms with van der Waals surface area (Å²) in [4.78, 5) is 13.8. The summed E-state index contributed by atoms with van der Waals surface area (Å²) in [5.41, 5.74) is 5.91. The molecule has 0 radical (unpaired) electrons. The highest BCUT2D eigenvalue weighted by molar-refractivity contribution is 7.27. The Hall–Kier alpha value is -2.62. The fourth-order valence-corrected chi connectivity index (χ4v) is 5.51. The number of ether oxygens (including phenoxy) is 1. The molecule has 3 atom stereocenters. The molecule has 2 aromatic carbocycles. The standard InChI is InChI=1S/C27H29ClN3O2P/c1-3-4-16(2)13-31-14-23(21-7-5-17(11-24(21)31)22-12-29-30-27(22)34)26(32)19-9-18-10-20(28)6-8-25(18)33-15-19/h5-8,10-12,14,16,19H,3-4,9,13,15,34H2,1-2H3,(H,29,30). The van der Waals surface area contributed by atoms with Crippen LogP contribution >= 0.6 is 20.8 Å². The molecule has 5 nitrogen and oxygen atoms in total. The molecule has 0 spiro atoms. The fraction of sp³-hybridized carbons (Fsp3) is 0.333. The summed E-state index contributed by atoms with van der Waals surface area (Å²) < 4.78 is 8.18. The van der Waals surface area contributed by atoms with Gasteiger partial charge >= 0.3 is 0 Å². The summed E-state index contributed by atoms with van der Waals surface area (Å²) in [6.45, 7) is 5.74. The van der Waals surface area contributed by atoms with Crippen LogP contribution in [0, 0.1) is 11.8 Å². The predicted molar refractivity (Wildman–Crippen MR) is 141 cm³/mol. The van der Waals surface area contributed by atoms with Crippen molar-refractivity contribution in [1.29, 1.82) is 0 Å². The van der Waals surface area contributed by atoms with Crippen molar-refractivity contribution in [2.45, 2.75) is 39.7 Å². The Kier molecular flexibility index (Phi) is 6.50. The molecule has 0 saturated carbocycles. The second kappa shape index (κ2) is 9.56. The van der Waals surface area contributed by atoms with Gasteiger partial charge in [0.05, 0.1) is 24.2 Å². The number of Topliss-reactive ketones (excluding diaryl/α,β-unsaturated/α-hetero) is 1. The number of aromatic amines is 1. The molecule has 1 N–H and O–H groups in total. The SMILES string of the molecule is CCCC(C)Cn1cc(C(=O)C2COc3ccc(Cl)cc3C2)c2ccc(-c3cn[nH]c3P)cc21. The first-order valence-electron chi connectivity index (χ1n) is 11.8. The minimum absolute atomic E-state index is 0.125. The van der Waals surface area contributed by atoms with Gasteiger partial charge in [0, 0.05) is 39.8 Å². The second-order valence-corrected chi connectivity index (χ2v) is 10.4. The van der Waals surface area contributed by atoms with Gasteiger partial charge in [0.15, 0.2) is 5.78 Å². The largest absolute Gasteiger partial charge is 0.493 e. The number of ketones is 1. The minimum Gasteiger partial charge on any atom is -0.493 e. The summed E-state index contributed by atoms with van der Waals surface area (Å²) in [6.07, 6.45) is 6.81. The maximum atomic E-state index is 13.8. The van der Waals surface area contributed by atoms with E-state index in [1.54, 1.807) is 0 Å². The topological polar surface area (TPSA) is 59.9 Å². The molecule has 2 aromatic heterocycles. The number of aromatic nitrogens is 3. The third kappa shape index (κ3) is 4.39. The quantitative estimate of drug-likeness (QED) is 0.251. The van der Waals surface area contributed by atoms with Crippen LogP contribution in [0.2, 0.25) is 5.02 Å².